The maximum absolute atomic E-state index is 10.9. The van der Waals surface area contributed by atoms with Crippen LogP contribution in [0.1, 0.15) is 26.7 Å². The second-order valence-corrected chi connectivity index (χ2v) is 2.51. The standard InChI is InChI=1S/C6H9N3O3.C2H6/c7-6(12)8-3-1-2-4(10)9-5(3)11;1-2/h3H,1-2H2,(H3,7,8,12)(H,9,10,11);1-2H3. The van der Waals surface area contributed by atoms with Crippen molar-refractivity contribution in [2.24, 2.45) is 5.73 Å². The highest BCUT2D eigenvalue weighted by atomic mass is 16.2. The number of piperidine rings is 1. The van der Waals surface area contributed by atoms with Gasteiger partial charge in [-0.25, -0.2) is 4.79 Å². The van der Waals surface area contributed by atoms with Crippen LogP contribution in [0, 0.1) is 0 Å². The zero-order valence-corrected chi connectivity index (χ0v) is 8.29. The summed E-state index contributed by atoms with van der Waals surface area (Å²) in [6.07, 6.45) is 0.546. The monoisotopic (exact) mass is 201 g/mol. The van der Waals surface area contributed by atoms with Gasteiger partial charge in [-0.05, 0) is 6.42 Å². The predicted molar refractivity (Wildman–Crippen MR) is 50.2 cm³/mol. The fraction of sp³-hybridized carbons (Fsp3) is 0.625. The second kappa shape index (κ2) is 5.95. The Kier molecular flexibility index (Phi) is 5.28. The predicted octanol–water partition coefficient (Wildman–Crippen LogP) is -0.514. The summed E-state index contributed by atoms with van der Waals surface area (Å²) in [5.74, 6) is -0.812. The van der Waals surface area contributed by atoms with Gasteiger partial charge in [-0.3, -0.25) is 14.9 Å². The number of imide groups is 1. The minimum Gasteiger partial charge on any atom is -0.352 e. The molecule has 0 bridgehead atoms. The molecule has 6 nitrogen and oxygen atoms in total. The zero-order valence-electron chi connectivity index (χ0n) is 8.29. The van der Waals surface area contributed by atoms with E-state index < -0.39 is 18.0 Å². The van der Waals surface area contributed by atoms with Crippen molar-refractivity contribution < 1.29 is 14.4 Å². The number of carbonyl (C=O) groups is 3. The lowest BCUT2D eigenvalue weighted by Crippen LogP contribution is -2.53. The van der Waals surface area contributed by atoms with Gasteiger partial charge in [0.2, 0.25) is 11.8 Å². The summed E-state index contributed by atoms with van der Waals surface area (Å²) in [5, 5.41) is 4.31. The molecular weight excluding hydrogens is 186 g/mol. The van der Waals surface area contributed by atoms with Gasteiger partial charge >= 0.3 is 6.03 Å². The van der Waals surface area contributed by atoms with Gasteiger partial charge in [0.05, 0.1) is 0 Å². The van der Waals surface area contributed by atoms with E-state index in [1.165, 1.54) is 0 Å². The number of carbonyl (C=O) groups excluding carboxylic acids is 3. The first kappa shape index (κ1) is 12.4. The third-order valence-corrected chi connectivity index (χ3v) is 1.56. The molecule has 0 aromatic carbocycles. The molecule has 0 saturated carbocycles. The summed E-state index contributed by atoms with van der Waals surface area (Å²) >= 11 is 0. The van der Waals surface area contributed by atoms with Crippen molar-refractivity contribution in [3.63, 3.8) is 0 Å². The number of nitrogens with one attached hydrogen (secondary N) is 2. The fourth-order valence-corrected chi connectivity index (χ4v) is 1.00. The van der Waals surface area contributed by atoms with Gasteiger partial charge in [-0.15, -0.1) is 0 Å². The van der Waals surface area contributed by atoms with Crippen LogP contribution in [0.5, 0.6) is 0 Å². The minimum absolute atomic E-state index is 0.233. The summed E-state index contributed by atoms with van der Waals surface area (Å²) in [6, 6.07) is -1.43. The second-order valence-electron chi connectivity index (χ2n) is 2.51. The molecule has 0 aliphatic carbocycles. The Balaban J connectivity index is 0.000000791. The van der Waals surface area contributed by atoms with Crippen LogP contribution in [0.2, 0.25) is 0 Å². The largest absolute Gasteiger partial charge is 0.352 e. The average molecular weight is 201 g/mol. The lowest BCUT2D eigenvalue weighted by molar-refractivity contribution is -0.134. The van der Waals surface area contributed by atoms with E-state index in [1.807, 2.05) is 13.8 Å². The highest BCUT2D eigenvalue weighted by Gasteiger charge is 2.26. The van der Waals surface area contributed by atoms with Crippen molar-refractivity contribution >= 4 is 17.8 Å². The molecule has 6 heteroatoms. The average Bonchev–Trinajstić information content (AvgIpc) is 2.13. The summed E-state index contributed by atoms with van der Waals surface area (Å²) in [4.78, 5) is 31.9. The van der Waals surface area contributed by atoms with E-state index >= 15 is 0 Å². The smallest absolute Gasteiger partial charge is 0.312 e. The molecule has 14 heavy (non-hydrogen) atoms. The first-order valence-electron chi connectivity index (χ1n) is 4.49. The van der Waals surface area contributed by atoms with E-state index in [9.17, 15) is 14.4 Å². The number of amides is 4. The third-order valence-electron chi connectivity index (χ3n) is 1.56. The SMILES string of the molecule is CC.NC(=O)NC1CCC(=O)NC1=O. The van der Waals surface area contributed by atoms with Crippen LogP contribution in [0.3, 0.4) is 0 Å². The maximum Gasteiger partial charge on any atom is 0.312 e. The molecule has 1 aliphatic heterocycles. The lowest BCUT2D eigenvalue weighted by Gasteiger charge is -2.20. The van der Waals surface area contributed by atoms with E-state index in [4.69, 9.17) is 5.73 Å². The molecule has 4 amide bonds. The molecule has 1 unspecified atom stereocenters. The van der Waals surface area contributed by atoms with Crippen LogP contribution < -0.4 is 16.4 Å². The molecule has 1 aliphatic rings. The van der Waals surface area contributed by atoms with Gasteiger partial charge < -0.3 is 11.1 Å². The van der Waals surface area contributed by atoms with Gasteiger partial charge in [0, 0.05) is 6.42 Å². The molecule has 0 spiro atoms. The molecule has 1 fully saturated rings. The Morgan fingerprint density at radius 1 is 1.50 bits per heavy atom. The van der Waals surface area contributed by atoms with Gasteiger partial charge in [0.1, 0.15) is 6.04 Å². The minimum atomic E-state index is -0.760. The van der Waals surface area contributed by atoms with Crippen LogP contribution >= 0.6 is 0 Å². The van der Waals surface area contributed by atoms with Crippen molar-refractivity contribution in [3.8, 4) is 0 Å². The van der Waals surface area contributed by atoms with Crippen LogP contribution in [0.25, 0.3) is 0 Å². The Hall–Kier alpha value is -1.59. The Morgan fingerprint density at radius 2 is 2.07 bits per heavy atom. The summed E-state index contributed by atoms with van der Waals surface area (Å²) in [7, 11) is 0. The Morgan fingerprint density at radius 3 is 2.50 bits per heavy atom. The highest BCUT2D eigenvalue weighted by molar-refractivity contribution is 6.01. The van der Waals surface area contributed by atoms with Gasteiger partial charge in [-0.1, -0.05) is 13.8 Å². The van der Waals surface area contributed by atoms with E-state index in [2.05, 4.69) is 10.6 Å². The molecule has 80 valence electrons. The van der Waals surface area contributed by atoms with E-state index in [1.54, 1.807) is 0 Å². The molecule has 0 aromatic heterocycles. The molecule has 0 aromatic rings. The lowest BCUT2D eigenvalue weighted by atomic mass is 10.1. The number of urea groups is 1. The van der Waals surface area contributed by atoms with Gasteiger partial charge in [-0.2, -0.15) is 0 Å². The van der Waals surface area contributed by atoms with E-state index in [0.717, 1.165) is 0 Å². The third kappa shape index (κ3) is 3.88. The first-order chi connectivity index (χ1) is 6.59. The molecule has 0 radical (unpaired) electrons. The van der Waals surface area contributed by atoms with E-state index in [0.29, 0.717) is 6.42 Å². The van der Waals surface area contributed by atoms with Crippen LogP contribution in [0.4, 0.5) is 4.79 Å². The molecule has 1 rings (SSSR count). The fourth-order valence-electron chi connectivity index (χ4n) is 1.00. The van der Waals surface area contributed by atoms with Crippen LogP contribution in [-0.2, 0) is 9.59 Å². The van der Waals surface area contributed by atoms with Crippen molar-refractivity contribution in [3.05, 3.63) is 0 Å². The normalized spacial score (nSPS) is 20.3. The first-order valence-corrected chi connectivity index (χ1v) is 4.49. The topological polar surface area (TPSA) is 101 Å². The van der Waals surface area contributed by atoms with Crippen LogP contribution in [-0.4, -0.2) is 23.9 Å². The number of hydrogen-bond acceptors (Lipinski definition) is 3. The Labute approximate surface area is 82.2 Å². The van der Waals surface area contributed by atoms with Crippen molar-refractivity contribution in [1.29, 1.82) is 0 Å². The van der Waals surface area contributed by atoms with Crippen molar-refractivity contribution in [2.45, 2.75) is 32.7 Å². The molecule has 1 saturated heterocycles. The van der Waals surface area contributed by atoms with Crippen LogP contribution in [0.15, 0.2) is 0 Å². The van der Waals surface area contributed by atoms with E-state index in [-0.39, 0.29) is 12.3 Å². The zero-order chi connectivity index (χ0) is 11.1. The maximum atomic E-state index is 10.9. The Bertz CT molecular complexity index is 240. The van der Waals surface area contributed by atoms with Gasteiger partial charge in [0.25, 0.3) is 0 Å². The summed E-state index contributed by atoms with van der Waals surface area (Å²) in [6.45, 7) is 4.00. The molecular formula is C8H15N3O3. The number of rotatable bonds is 1. The molecule has 1 heterocycles. The summed E-state index contributed by atoms with van der Waals surface area (Å²) in [5.41, 5.74) is 4.81. The highest BCUT2D eigenvalue weighted by Crippen LogP contribution is 2.03. The molecule has 4 N–H and O–H groups in total. The number of hydrogen-bond donors (Lipinski definition) is 3. The summed E-state index contributed by atoms with van der Waals surface area (Å²) < 4.78 is 0. The quantitative estimate of drug-likeness (QED) is 0.498. The molecule has 1 atom stereocenters. The number of primary amides is 1. The van der Waals surface area contributed by atoms with Gasteiger partial charge in [0.15, 0.2) is 0 Å². The van der Waals surface area contributed by atoms with Crippen molar-refractivity contribution in [1.82, 2.24) is 10.6 Å². The van der Waals surface area contributed by atoms with Crippen molar-refractivity contribution in [2.75, 3.05) is 0 Å². The number of nitrogens with two attached hydrogens (primary N) is 1.